The van der Waals surface area contributed by atoms with Crippen LogP contribution in [0.4, 0.5) is 13.2 Å². The molecule has 0 saturated heterocycles. The molecule has 2 heterocycles. The van der Waals surface area contributed by atoms with Gasteiger partial charge in [0.05, 0.1) is 12.7 Å². The molecule has 2 aromatic rings. The van der Waals surface area contributed by atoms with Gasteiger partial charge in [-0.05, 0) is 11.6 Å². The van der Waals surface area contributed by atoms with Crippen LogP contribution in [0, 0.1) is 0 Å². The highest BCUT2D eigenvalue weighted by Gasteiger charge is 2.27. The number of rotatable bonds is 2. The van der Waals surface area contributed by atoms with Crippen molar-refractivity contribution in [1.82, 2.24) is 19.5 Å². The van der Waals surface area contributed by atoms with Gasteiger partial charge in [-0.3, -0.25) is 0 Å². The van der Waals surface area contributed by atoms with E-state index < -0.39 is 12.6 Å². The van der Waals surface area contributed by atoms with Gasteiger partial charge in [0.2, 0.25) is 5.28 Å². The number of imidazole rings is 1. The Morgan fingerprint density at radius 1 is 1.24 bits per heavy atom. The van der Waals surface area contributed by atoms with Crippen LogP contribution in [0.2, 0.25) is 10.4 Å². The van der Waals surface area contributed by atoms with Crippen molar-refractivity contribution in [3.63, 3.8) is 0 Å². The number of alkyl halides is 3. The molecule has 17 heavy (non-hydrogen) atoms. The number of aryl methyl sites for hydroxylation is 1. The molecule has 92 valence electrons. The van der Waals surface area contributed by atoms with Gasteiger partial charge in [-0.15, -0.1) is 0 Å². The predicted molar refractivity (Wildman–Crippen MR) is 56.0 cm³/mol. The van der Waals surface area contributed by atoms with E-state index in [0.29, 0.717) is 0 Å². The van der Waals surface area contributed by atoms with E-state index >= 15 is 0 Å². The summed E-state index contributed by atoms with van der Waals surface area (Å²) in [5.41, 5.74) is 0.428. The van der Waals surface area contributed by atoms with Crippen molar-refractivity contribution in [2.75, 3.05) is 0 Å². The summed E-state index contributed by atoms with van der Waals surface area (Å²) in [6.07, 6.45) is -3.98. The summed E-state index contributed by atoms with van der Waals surface area (Å²) in [5, 5.41) is -0.109. The zero-order valence-corrected chi connectivity index (χ0v) is 9.68. The van der Waals surface area contributed by atoms with Crippen molar-refractivity contribution in [3.05, 3.63) is 16.8 Å². The van der Waals surface area contributed by atoms with E-state index in [4.69, 9.17) is 23.2 Å². The van der Waals surface area contributed by atoms with Gasteiger partial charge in [-0.1, -0.05) is 11.6 Å². The number of aromatic nitrogens is 4. The van der Waals surface area contributed by atoms with Gasteiger partial charge in [0, 0.05) is 6.54 Å². The fraction of sp³-hybridized carbons (Fsp3) is 0.375. The third-order valence-corrected chi connectivity index (χ3v) is 2.46. The van der Waals surface area contributed by atoms with Crippen LogP contribution in [0.25, 0.3) is 11.2 Å². The minimum Gasteiger partial charge on any atom is -0.315 e. The minimum absolute atomic E-state index is 0.0192. The average Bonchev–Trinajstić information content (AvgIpc) is 2.57. The SMILES string of the molecule is FC(F)(F)CCn1cnc2c(Cl)nc(Cl)nc21. The van der Waals surface area contributed by atoms with E-state index in [1.165, 1.54) is 10.9 Å². The molecular formula is C8H5Cl2F3N4. The highest BCUT2D eigenvalue weighted by Crippen LogP contribution is 2.24. The monoisotopic (exact) mass is 284 g/mol. The lowest BCUT2D eigenvalue weighted by molar-refractivity contribution is -0.136. The molecule has 0 unspecified atom stereocenters. The molecule has 0 atom stereocenters. The van der Waals surface area contributed by atoms with E-state index in [0.717, 1.165) is 0 Å². The Balaban J connectivity index is 2.36. The molecule has 4 nitrogen and oxygen atoms in total. The van der Waals surface area contributed by atoms with Gasteiger partial charge in [-0.2, -0.15) is 18.2 Å². The molecule has 9 heteroatoms. The first kappa shape index (κ1) is 12.4. The number of fused-ring (bicyclic) bond motifs is 1. The van der Waals surface area contributed by atoms with E-state index in [9.17, 15) is 13.2 Å². The molecule has 0 N–H and O–H groups in total. The summed E-state index contributed by atoms with van der Waals surface area (Å²) >= 11 is 11.3. The molecule has 0 amide bonds. The Bertz CT molecular complexity index is 551. The second-order valence-electron chi connectivity index (χ2n) is 3.26. The summed E-state index contributed by atoms with van der Waals surface area (Å²) in [6, 6.07) is 0. The molecule has 2 aromatic heterocycles. The van der Waals surface area contributed by atoms with Crippen LogP contribution in [0.15, 0.2) is 6.33 Å². The summed E-state index contributed by atoms with van der Waals surface area (Å²) in [6.45, 7) is -0.288. The molecule has 0 bridgehead atoms. The Kier molecular flexibility index (Phi) is 3.13. The van der Waals surface area contributed by atoms with Crippen molar-refractivity contribution in [2.45, 2.75) is 19.1 Å². The molecule has 0 spiro atoms. The third-order valence-electron chi connectivity index (χ3n) is 2.03. The molecule has 0 aliphatic rings. The number of hydrogen-bond donors (Lipinski definition) is 0. The minimum atomic E-state index is -4.24. The lowest BCUT2D eigenvalue weighted by Crippen LogP contribution is -2.12. The fourth-order valence-electron chi connectivity index (χ4n) is 1.30. The lowest BCUT2D eigenvalue weighted by Gasteiger charge is -2.07. The zero-order valence-electron chi connectivity index (χ0n) is 8.17. The summed E-state index contributed by atoms with van der Waals surface area (Å²) in [4.78, 5) is 11.3. The second kappa shape index (κ2) is 4.30. The Morgan fingerprint density at radius 3 is 2.59 bits per heavy atom. The van der Waals surface area contributed by atoms with Crippen LogP contribution >= 0.6 is 23.2 Å². The first-order valence-corrected chi connectivity index (χ1v) is 5.23. The van der Waals surface area contributed by atoms with Crippen LogP contribution in [-0.4, -0.2) is 25.7 Å². The quantitative estimate of drug-likeness (QED) is 0.629. The van der Waals surface area contributed by atoms with Crippen LogP contribution in [0.5, 0.6) is 0 Å². The van der Waals surface area contributed by atoms with E-state index in [2.05, 4.69) is 15.0 Å². The van der Waals surface area contributed by atoms with Gasteiger partial charge in [0.1, 0.15) is 5.52 Å². The average molecular weight is 285 g/mol. The molecule has 0 aliphatic heterocycles. The first-order chi connectivity index (χ1) is 7.87. The second-order valence-corrected chi connectivity index (χ2v) is 3.95. The third kappa shape index (κ3) is 2.78. The van der Waals surface area contributed by atoms with E-state index in [1.54, 1.807) is 0 Å². The van der Waals surface area contributed by atoms with Crippen LogP contribution in [-0.2, 0) is 6.54 Å². The first-order valence-electron chi connectivity index (χ1n) is 4.47. The van der Waals surface area contributed by atoms with Gasteiger partial charge < -0.3 is 4.57 Å². The van der Waals surface area contributed by atoms with Crippen molar-refractivity contribution in [3.8, 4) is 0 Å². The number of hydrogen-bond acceptors (Lipinski definition) is 3. The number of halogens is 5. The van der Waals surface area contributed by atoms with Gasteiger partial charge in [0.25, 0.3) is 0 Å². The molecule has 0 saturated carbocycles. The van der Waals surface area contributed by atoms with Crippen molar-refractivity contribution in [2.24, 2.45) is 0 Å². The van der Waals surface area contributed by atoms with Gasteiger partial charge in [0.15, 0.2) is 10.8 Å². The smallest absolute Gasteiger partial charge is 0.315 e. The molecule has 0 aliphatic carbocycles. The number of nitrogens with zero attached hydrogens (tertiary/aromatic N) is 4. The van der Waals surface area contributed by atoms with E-state index in [1.807, 2.05) is 0 Å². The zero-order chi connectivity index (χ0) is 12.6. The van der Waals surface area contributed by atoms with Crippen LogP contribution in [0.3, 0.4) is 0 Å². The summed E-state index contributed by atoms with van der Waals surface area (Å²) < 4.78 is 37.5. The molecule has 0 fully saturated rings. The van der Waals surface area contributed by atoms with Crippen LogP contribution < -0.4 is 0 Å². The van der Waals surface area contributed by atoms with Gasteiger partial charge in [-0.25, -0.2) is 9.97 Å². The Hall–Kier alpha value is -1.08. The normalized spacial score (nSPS) is 12.3. The predicted octanol–water partition coefficient (Wildman–Crippen LogP) is 3.09. The molecule has 0 aromatic carbocycles. The Morgan fingerprint density at radius 2 is 1.94 bits per heavy atom. The summed E-state index contributed by atoms with van der Waals surface area (Å²) in [5.74, 6) is 0. The highest BCUT2D eigenvalue weighted by molar-refractivity contribution is 6.35. The van der Waals surface area contributed by atoms with Crippen LogP contribution in [0.1, 0.15) is 6.42 Å². The topological polar surface area (TPSA) is 43.6 Å². The van der Waals surface area contributed by atoms with Crippen molar-refractivity contribution in [1.29, 1.82) is 0 Å². The maximum Gasteiger partial charge on any atom is 0.390 e. The lowest BCUT2D eigenvalue weighted by atomic mass is 10.4. The van der Waals surface area contributed by atoms with Crippen molar-refractivity contribution >= 4 is 34.4 Å². The maximum absolute atomic E-state index is 12.1. The Labute approximate surface area is 103 Å². The summed E-state index contributed by atoms with van der Waals surface area (Å²) in [7, 11) is 0. The highest BCUT2D eigenvalue weighted by atomic mass is 35.5. The maximum atomic E-state index is 12.1. The molecule has 0 radical (unpaired) electrons. The standard InChI is InChI=1S/C8H5Cl2F3N4/c9-5-4-6(16-7(10)15-5)17(3-14-4)2-1-8(11,12)13/h3H,1-2H2. The fourth-order valence-corrected chi connectivity index (χ4v) is 1.72. The largest absolute Gasteiger partial charge is 0.390 e. The van der Waals surface area contributed by atoms with Gasteiger partial charge >= 0.3 is 6.18 Å². The van der Waals surface area contributed by atoms with Crippen molar-refractivity contribution < 1.29 is 13.2 Å². The molecule has 2 rings (SSSR count). The molecular weight excluding hydrogens is 280 g/mol. The van der Waals surface area contributed by atoms with E-state index in [-0.39, 0.29) is 28.1 Å².